The highest BCUT2D eigenvalue weighted by molar-refractivity contribution is 9.10. The average Bonchev–Trinajstić information content (AvgIpc) is 3.05. The number of aliphatic hydroxyl groups excluding tert-OH is 2. The van der Waals surface area contributed by atoms with Crippen molar-refractivity contribution in [1.29, 1.82) is 0 Å². The molecule has 0 bridgehead atoms. The van der Waals surface area contributed by atoms with E-state index in [2.05, 4.69) is 36.2 Å². The molecule has 0 radical (unpaired) electrons. The highest BCUT2D eigenvalue weighted by atomic mass is 79.9. The molecule has 2 unspecified atom stereocenters. The Morgan fingerprint density at radius 3 is 2.96 bits per heavy atom. The number of anilines is 1. The molecule has 0 spiro atoms. The topological polar surface area (TPSA) is 139 Å². The molecule has 0 saturated heterocycles. The maximum Gasteiger partial charge on any atom is 0.229 e. The summed E-state index contributed by atoms with van der Waals surface area (Å²) in [6, 6.07) is -0.492. The van der Waals surface area contributed by atoms with Crippen LogP contribution < -0.4 is 11.1 Å². The van der Waals surface area contributed by atoms with Gasteiger partial charge in [0, 0.05) is 13.0 Å². The van der Waals surface area contributed by atoms with Crippen LogP contribution in [-0.2, 0) is 4.79 Å². The summed E-state index contributed by atoms with van der Waals surface area (Å²) in [5.74, 6) is -0.210. The summed E-state index contributed by atoms with van der Waals surface area (Å²) in [4.78, 5) is 24.6. The number of amides is 1. The van der Waals surface area contributed by atoms with Gasteiger partial charge in [-0.3, -0.25) is 4.79 Å². The first-order valence-electron chi connectivity index (χ1n) is 7.15. The van der Waals surface area contributed by atoms with E-state index < -0.39 is 23.7 Å². The van der Waals surface area contributed by atoms with Crippen LogP contribution in [0.25, 0.3) is 11.2 Å². The molecule has 1 amide bonds. The van der Waals surface area contributed by atoms with Crippen molar-refractivity contribution >= 4 is 38.8 Å². The van der Waals surface area contributed by atoms with Crippen molar-refractivity contribution in [2.75, 3.05) is 12.8 Å². The van der Waals surface area contributed by atoms with Crippen LogP contribution in [-0.4, -0.2) is 54.9 Å². The lowest BCUT2D eigenvalue weighted by molar-refractivity contribution is -0.132. The molecular formula is C13H15BrN6O3. The summed E-state index contributed by atoms with van der Waals surface area (Å²) in [6.45, 7) is 0. The van der Waals surface area contributed by atoms with Crippen LogP contribution in [0, 0.1) is 11.3 Å². The van der Waals surface area contributed by atoms with Crippen molar-refractivity contribution in [3.8, 4) is 0 Å². The molecule has 5 N–H and O–H groups in total. The van der Waals surface area contributed by atoms with Crippen molar-refractivity contribution < 1.29 is 15.0 Å². The molecule has 122 valence electrons. The zero-order chi connectivity index (χ0) is 16.5. The molecule has 9 nitrogen and oxygen atoms in total. The second-order valence-electron chi connectivity index (χ2n) is 6.06. The maximum atomic E-state index is 12.2. The van der Waals surface area contributed by atoms with Crippen LogP contribution in [0.3, 0.4) is 0 Å². The van der Waals surface area contributed by atoms with E-state index in [9.17, 15) is 15.0 Å². The zero-order valence-corrected chi connectivity index (χ0v) is 13.7. The average molecular weight is 383 g/mol. The number of carbonyl (C=O) groups is 1. The number of rotatable bonds is 2. The number of fused-ring (bicyclic) bond motifs is 2. The van der Waals surface area contributed by atoms with Crippen LogP contribution in [0.4, 0.5) is 5.82 Å². The van der Waals surface area contributed by atoms with Gasteiger partial charge in [0.25, 0.3) is 0 Å². The van der Waals surface area contributed by atoms with Crippen LogP contribution in [0.15, 0.2) is 11.1 Å². The number of hydrogen-bond acceptors (Lipinski definition) is 7. The van der Waals surface area contributed by atoms with E-state index in [1.165, 1.54) is 13.4 Å². The molecule has 0 aromatic carbocycles. The Bertz CT molecular complexity index is 825. The van der Waals surface area contributed by atoms with Gasteiger partial charge in [-0.25, -0.2) is 15.0 Å². The Balaban J connectivity index is 1.82. The van der Waals surface area contributed by atoms with E-state index in [0.29, 0.717) is 22.3 Å². The predicted octanol–water partition coefficient (Wildman–Crippen LogP) is -0.800. The number of halogens is 1. The van der Waals surface area contributed by atoms with E-state index >= 15 is 0 Å². The van der Waals surface area contributed by atoms with Gasteiger partial charge in [0.1, 0.15) is 11.6 Å². The molecule has 2 aromatic heterocycles. The normalized spacial score (nSPS) is 35.3. The Hall–Kier alpha value is -1.78. The number of aromatic nitrogens is 4. The van der Waals surface area contributed by atoms with Gasteiger partial charge in [0.05, 0.1) is 23.9 Å². The maximum absolute atomic E-state index is 12.2. The summed E-state index contributed by atoms with van der Waals surface area (Å²) in [6.07, 6.45) is -0.186. The minimum atomic E-state index is -1.13. The molecule has 2 saturated carbocycles. The van der Waals surface area contributed by atoms with Crippen LogP contribution in [0.2, 0.25) is 0 Å². The van der Waals surface area contributed by atoms with Crippen LogP contribution in [0.5, 0.6) is 0 Å². The largest absolute Gasteiger partial charge is 0.389 e. The van der Waals surface area contributed by atoms with Gasteiger partial charge in [0.15, 0.2) is 11.5 Å². The van der Waals surface area contributed by atoms with Gasteiger partial charge in [-0.1, -0.05) is 0 Å². The first-order valence-corrected chi connectivity index (χ1v) is 7.95. The zero-order valence-electron chi connectivity index (χ0n) is 12.1. The highest BCUT2D eigenvalue weighted by Crippen LogP contribution is 2.67. The molecule has 0 aliphatic heterocycles. The molecule has 2 aliphatic rings. The lowest BCUT2D eigenvalue weighted by Crippen LogP contribution is -2.41. The number of aliphatic hydroxyl groups is 2. The second kappa shape index (κ2) is 4.62. The molecule has 23 heavy (non-hydrogen) atoms. The van der Waals surface area contributed by atoms with E-state index in [1.807, 2.05) is 0 Å². The van der Waals surface area contributed by atoms with E-state index in [-0.39, 0.29) is 17.6 Å². The van der Waals surface area contributed by atoms with Crippen LogP contribution >= 0.6 is 15.9 Å². The number of nitrogen functional groups attached to an aromatic ring is 1. The van der Waals surface area contributed by atoms with Gasteiger partial charge < -0.3 is 25.8 Å². The number of hydrogen-bond donors (Lipinski definition) is 4. The molecule has 5 atom stereocenters. The third kappa shape index (κ3) is 1.73. The van der Waals surface area contributed by atoms with Gasteiger partial charge in [0.2, 0.25) is 10.6 Å². The fourth-order valence-electron chi connectivity index (χ4n) is 3.92. The second-order valence-corrected chi connectivity index (χ2v) is 6.77. The smallest absolute Gasteiger partial charge is 0.229 e. The summed E-state index contributed by atoms with van der Waals surface area (Å²) in [5.41, 5.74) is 5.78. The Labute approximate surface area is 139 Å². The lowest BCUT2D eigenvalue weighted by Gasteiger charge is -2.23. The lowest BCUT2D eigenvalue weighted by atomic mass is 9.98. The quantitative estimate of drug-likeness (QED) is 0.498. The summed E-state index contributed by atoms with van der Waals surface area (Å²) in [7, 11) is 1.52. The van der Waals surface area contributed by atoms with Gasteiger partial charge in [-0.05, 0) is 22.4 Å². The number of nitrogens with zero attached hydrogens (tertiary/aromatic N) is 4. The highest BCUT2D eigenvalue weighted by Gasteiger charge is 2.75. The van der Waals surface area contributed by atoms with Crippen molar-refractivity contribution in [3.63, 3.8) is 0 Å². The van der Waals surface area contributed by atoms with Gasteiger partial charge in [-0.15, -0.1) is 0 Å². The van der Waals surface area contributed by atoms with Crippen molar-refractivity contribution in [3.05, 3.63) is 11.1 Å². The minimum Gasteiger partial charge on any atom is -0.389 e. The van der Waals surface area contributed by atoms with Crippen molar-refractivity contribution in [1.82, 2.24) is 24.8 Å². The predicted molar refractivity (Wildman–Crippen MR) is 83.1 cm³/mol. The van der Waals surface area contributed by atoms with Gasteiger partial charge >= 0.3 is 0 Å². The molecule has 2 heterocycles. The summed E-state index contributed by atoms with van der Waals surface area (Å²) >= 11 is 3.19. The number of carbonyl (C=O) groups excluding carboxylic acids is 1. The third-order valence-electron chi connectivity index (χ3n) is 5.06. The molecule has 4 rings (SSSR count). The SMILES string of the molecule is CNC(=O)[C@@]12C[C@@H]1[C@@H](n1cnc3c(N)nc(Br)nc31)C(O)C2O. The number of imidazole rings is 1. The van der Waals surface area contributed by atoms with Crippen LogP contribution in [0.1, 0.15) is 12.5 Å². The Kier molecular flexibility index (Phi) is 2.97. The Morgan fingerprint density at radius 2 is 2.26 bits per heavy atom. The fourth-order valence-corrected chi connectivity index (χ4v) is 4.27. The molecule has 10 heteroatoms. The monoisotopic (exact) mass is 382 g/mol. The molecule has 2 fully saturated rings. The Morgan fingerprint density at radius 1 is 1.52 bits per heavy atom. The molecule has 2 aromatic rings. The number of nitrogens with two attached hydrogens (primary N) is 1. The first-order chi connectivity index (χ1) is 10.9. The standard InChI is InChI=1S/C13H15BrN6O3/c1-16-11(23)13-2-4(13)6(7(21)8(13)22)20-3-17-5-9(15)18-12(14)19-10(5)20/h3-4,6-8,21-22H,2H2,1H3,(H,16,23)(H2,15,18,19)/t4-,6-,7?,8?,13+/m1/s1. The third-order valence-corrected chi connectivity index (χ3v) is 5.42. The minimum absolute atomic E-state index is 0.181. The van der Waals surface area contributed by atoms with Crippen molar-refractivity contribution in [2.24, 2.45) is 11.3 Å². The molecule has 2 aliphatic carbocycles. The molecular weight excluding hydrogens is 368 g/mol. The van der Waals surface area contributed by atoms with E-state index in [4.69, 9.17) is 5.73 Å². The summed E-state index contributed by atoms with van der Waals surface area (Å²) in [5, 5.41) is 23.4. The van der Waals surface area contributed by atoms with Crippen molar-refractivity contribution in [2.45, 2.75) is 24.7 Å². The fraction of sp³-hybridized carbons (Fsp3) is 0.538. The van der Waals surface area contributed by atoms with Gasteiger partial charge in [-0.2, -0.15) is 0 Å². The van der Waals surface area contributed by atoms with E-state index in [0.717, 1.165) is 0 Å². The first kappa shape index (κ1) is 14.8. The van der Waals surface area contributed by atoms with E-state index in [1.54, 1.807) is 4.57 Å². The number of nitrogens with one attached hydrogen (secondary N) is 1. The summed E-state index contributed by atoms with van der Waals surface area (Å²) < 4.78 is 1.99.